The predicted octanol–water partition coefficient (Wildman–Crippen LogP) is 3.29. The highest BCUT2D eigenvalue weighted by Crippen LogP contribution is 2.27. The molecule has 0 aliphatic heterocycles. The van der Waals surface area contributed by atoms with Crippen LogP contribution in [0.4, 0.5) is 5.69 Å². The van der Waals surface area contributed by atoms with Crippen LogP contribution in [0, 0.1) is 11.3 Å². The molecule has 0 saturated carbocycles. The molecule has 1 aromatic heterocycles. The highest BCUT2D eigenvalue weighted by atomic mass is 35.5. The Morgan fingerprint density at radius 2 is 2.20 bits per heavy atom. The van der Waals surface area contributed by atoms with Crippen molar-refractivity contribution in [2.24, 2.45) is 11.7 Å². The van der Waals surface area contributed by atoms with Crippen molar-refractivity contribution in [2.75, 3.05) is 18.0 Å². The standard InChI is InChI=1S/C15H19ClN4/c1-3-20(9-10(2)15(17)18)14-6-7-19-13-8-11(16)4-5-12(13)14/h4-8,10H,3,9H2,1-2H3,(H3,17,18). The number of hydrogen-bond acceptors (Lipinski definition) is 3. The lowest BCUT2D eigenvalue weighted by molar-refractivity contribution is 0.699. The summed E-state index contributed by atoms with van der Waals surface area (Å²) in [5.41, 5.74) is 7.55. The van der Waals surface area contributed by atoms with Crippen LogP contribution >= 0.6 is 11.6 Å². The van der Waals surface area contributed by atoms with Crippen LogP contribution in [-0.4, -0.2) is 23.9 Å². The van der Waals surface area contributed by atoms with E-state index in [2.05, 4.69) is 16.8 Å². The van der Waals surface area contributed by atoms with Crippen LogP contribution in [0.25, 0.3) is 10.9 Å². The van der Waals surface area contributed by atoms with Gasteiger partial charge in [-0.05, 0) is 31.2 Å². The summed E-state index contributed by atoms with van der Waals surface area (Å²) in [6.45, 7) is 5.62. The lowest BCUT2D eigenvalue weighted by Crippen LogP contribution is -2.34. The molecule has 0 bridgehead atoms. The molecule has 0 aliphatic carbocycles. The van der Waals surface area contributed by atoms with E-state index in [1.54, 1.807) is 6.20 Å². The Kier molecular flexibility index (Phi) is 4.45. The maximum Gasteiger partial charge on any atom is 0.0952 e. The van der Waals surface area contributed by atoms with Gasteiger partial charge in [0.1, 0.15) is 0 Å². The van der Waals surface area contributed by atoms with Gasteiger partial charge in [-0.2, -0.15) is 0 Å². The third kappa shape index (κ3) is 3.02. The Labute approximate surface area is 124 Å². The van der Waals surface area contributed by atoms with Crippen molar-refractivity contribution < 1.29 is 0 Å². The average Bonchev–Trinajstić information content (AvgIpc) is 2.43. The van der Waals surface area contributed by atoms with Crippen molar-refractivity contribution in [3.8, 4) is 0 Å². The Bertz CT molecular complexity index is 626. The second kappa shape index (κ2) is 6.09. The molecule has 0 radical (unpaired) electrons. The molecule has 106 valence electrons. The first-order valence-electron chi connectivity index (χ1n) is 6.66. The molecule has 1 heterocycles. The number of fused-ring (bicyclic) bond motifs is 1. The van der Waals surface area contributed by atoms with E-state index in [0.29, 0.717) is 11.6 Å². The van der Waals surface area contributed by atoms with Crippen molar-refractivity contribution in [2.45, 2.75) is 13.8 Å². The zero-order valence-electron chi connectivity index (χ0n) is 11.7. The molecule has 1 aromatic carbocycles. The molecule has 2 aromatic rings. The zero-order valence-corrected chi connectivity index (χ0v) is 12.5. The van der Waals surface area contributed by atoms with Gasteiger partial charge in [-0.1, -0.05) is 18.5 Å². The summed E-state index contributed by atoms with van der Waals surface area (Å²) in [5.74, 6) is 0.232. The van der Waals surface area contributed by atoms with Crippen LogP contribution in [0.5, 0.6) is 0 Å². The van der Waals surface area contributed by atoms with Gasteiger partial charge in [0.15, 0.2) is 0 Å². The predicted molar refractivity (Wildman–Crippen MR) is 85.7 cm³/mol. The van der Waals surface area contributed by atoms with E-state index in [1.807, 2.05) is 31.2 Å². The monoisotopic (exact) mass is 290 g/mol. The van der Waals surface area contributed by atoms with E-state index in [1.165, 1.54) is 0 Å². The van der Waals surface area contributed by atoms with Crippen molar-refractivity contribution in [3.63, 3.8) is 0 Å². The normalized spacial score (nSPS) is 12.3. The number of nitrogens with zero attached hydrogens (tertiary/aromatic N) is 2. The van der Waals surface area contributed by atoms with Crippen molar-refractivity contribution in [1.82, 2.24) is 4.98 Å². The Morgan fingerprint density at radius 3 is 2.85 bits per heavy atom. The van der Waals surface area contributed by atoms with Gasteiger partial charge in [0.2, 0.25) is 0 Å². The minimum absolute atomic E-state index is 0.0189. The summed E-state index contributed by atoms with van der Waals surface area (Å²) in [5, 5.41) is 9.29. The van der Waals surface area contributed by atoms with E-state index >= 15 is 0 Å². The van der Waals surface area contributed by atoms with Gasteiger partial charge in [-0.15, -0.1) is 0 Å². The largest absolute Gasteiger partial charge is 0.387 e. The van der Waals surface area contributed by atoms with Gasteiger partial charge < -0.3 is 10.6 Å². The van der Waals surface area contributed by atoms with Crippen LogP contribution in [0.3, 0.4) is 0 Å². The first-order valence-corrected chi connectivity index (χ1v) is 7.03. The molecule has 20 heavy (non-hydrogen) atoms. The van der Waals surface area contributed by atoms with Crippen molar-refractivity contribution in [3.05, 3.63) is 35.5 Å². The Hall–Kier alpha value is -1.81. The fourth-order valence-electron chi connectivity index (χ4n) is 2.21. The van der Waals surface area contributed by atoms with Crippen molar-refractivity contribution in [1.29, 1.82) is 5.41 Å². The molecule has 5 heteroatoms. The van der Waals surface area contributed by atoms with Crippen molar-refractivity contribution >= 4 is 34.0 Å². The van der Waals surface area contributed by atoms with E-state index in [0.717, 1.165) is 23.1 Å². The molecule has 0 amide bonds. The van der Waals surface area contributed by atoms with E-state index in [-0.39, 0.29) is 11.8 Å². The van der Waals surface area contributed by atoms with E-state index in [4.69, 9.17) is 22.7 Å². The molecule has 1 atom stereocenters. The first-order chi connectivity index (χ1) is 9.52. The average molecular weight is 291 g/mol. The lowest BCUT2D eigenvalue weighted by Gasteiger charge is -2.27. The maximum atomic E-state index is 7.54. The second-order valence-corrected chi connectivity index (χ2v) is 5.32. The number of anilines is 1. The smallest absolute Gasteiger partial charge is 0.0952 e. The number of rotatable bonds is 5. The molecule has 0 aliphatic rings. The summed E-state index contributed by atoms with van der Waals surface area (Å²) < 4.78 is 0. The van der Waals surface area contributed by atoms with Gasteiger partial charge in [-0.25, -0.2) is 0 Å². The summed E-state index contributed by atoms with van der Waals surface area (Å²) >= 11 is 6.01. The van der Waals surface area contributed by atoms with Crippen LogP contribution in [-0.2, 0) is 0 Å². The van der Waals surface area contributed by atoms with Crippen LogP contribution in [0.2, 0.25) is 5.02 Å². The number of nitrogens with one attached hydrogen (secondary N) is 1. The fraction of sp³-hybridized carbons (Fsp3) is 0.333. The quantitative estimate of drug-likeness (QED) is 0.656. The number of pyridine rings is 1. The minimum atomic E-state index is 0.0189. The van der Waals surface area contributed by atoms with Gasteiger partial charge in [0.25, 0.3) is 0 Å². The number of hydrogen-bond donors (Lipinski definition) is 2. The number of aromatic nitrogens is 1. The number of benzene rings is 1. The molecular weight excluding hydrogens is 272 g/mol. The topological polar surface area (TPSA) is 66.0 Å². The molecule has 0 spiro atoms. The van der Waals surface area contributed by atoms with Gasteiger partial charge in [-0.3, -0.25) is 10.4 Å². The zero-order chi connectivity index (χ0) is 14.7. The summed E-state index contributed by atoms with van der Waals surface area (Å²) in [6, 6.07) is 7.72. The van der Waals surface area contributed by atoms with E-state index < -0.39 is 0 Å². The molecule has 0 fully saturated rings. The van der Waals surface area contributed by atoms with Gasteiger partial charge in [0.05, 0.1) is 11.4 Å². The first kappa shape index (κ1) is 14.6. The van der Waals surface area contributed by atoms with Gasteiger partial charge in [0, 0.05) is 41.3 Å². The molecule has 3 N–H and O–H groups in total. The van der Waals surface area contributed by atoms with Crippen LogP contribution in [0.15, 0.2) is 30.5 Å². The molecule has 0 saturated heterocycles. The second-order valence-electron chi connectivity index (χ2n) is 4.89. The van der Waals surface area contributed by atoms with Gasteiger partial charge >= 0.3 is 0 Å². The SMILES string of the molecule is CCN(CC(C)C(=N)N)c1ccnc2cc(Cl)ccc12. The summed E-state index contributed by atoms with van der Waals surface area (Å²) in [7, 11) is 0. The molecule has 1 unspecified atom stereocenters. The third-order valence-electron chi connectivity index (χ3n) is 3.43. The number of amidine groups is 1. The van der Waals surface area contributed by atoms with Crippen LogP contribution in [0.1, 0.15) is 13.8 Å². The summed E-state index contributed by atoms with van der Waals surface area (Å²) in [6.07, 6.45) is 1.79. The van der Waals surface area contributed by atoms with Crippen LogP contribution < -0.4 is 10.6 Å². The fourth-order valence-corrected chi connectivity index (χ4v) is 2.37. The maximum absolute atomic E-state index is 7.54. The number of nitrogens with two attached hydrogens (primary N) is 1. The Balaban J connectivity index is 2.41. The third-order valence-corrected chi connectivity index (χ3v) is 3.66. The Morgan fingerprint density at radius 1 is 1.45 bits per heavy atom. The highest BCUT2D eigenvalue weighted by Gasteiger charge is 2.14. The molecule has 4 nitrogen and oxygen atoms in total. The lowest BCUT2D eigenvalue weighted by atomic mass is 10.1. The van der Waals surface area contributed by atoms with E-state index in [9.17, 15) is 0 Å². The number of halogens is 1. The molecular formula is C15H19ClN4. The minimum Gasteiger partial charge on any atom is -0.387 e. The molecule has 2 rings (SSSR count). The highest BCUT2D eigenvalue weighted by molar-refractivity contribution is 6.31. The summed E-state index contributed by atoms with van der Waals surface area (Å²) in [4.78, 5) is 6.57.